The number of ether oxygens (including phenoxy) is 2. The first-order valence-electron chi connectivity index (χ1n) is 7.31. The molecule has 0 aliphatic carbocycles. The van der Waals surface area contributed by atoms with Crippen LogP contribution in [-0.2, 0) is 0 Å². The molecule has 5 nitrogen and oxygen atoms in total. The number of methoxy groups -OCH3 is 2. The van der Waals surface area contributed by atoms with Crippen LogP contribution >= 0.6 is 0 Å². The Hall–Kier alpha value is -2.95. The first kappa shape index (κ1) is 15.0. The fourth-order valence-electron chi connectivity index (χ4n) is 2.39. The van der Waals surface area contributed by atoms with Crippen molar-refractivity contribution in [2.75, 3.05) is 19.5 Å². The molecule has 0 atom stereocenters. The Bertz CT molecular complexity index is 777. The Balaban J connectivity index is 1.90. The fourth-order valence-corrected chi connectivity index (χ4v) is 2.39. The van der Waals surface area contributed by atoms with Gasteiger partial charge in [-0.2, -0.15) is 0 Å². The second-order valence-corrected chi connectivity index (χ2v) is 5.11. The lowest BCUT2D eigenvalue weighted by Crippen LogP contribution is -2.03. The lowest BCUT2D eigenvalue weighted by molar-refractivity contribution is 0.414. The lowest BCUT2D eigenvalue weighted by atomic mass is 10.3. The summed E-state index contributed by atoms with van der Waals surface area (Å²) in [7, 11) is 3.32. The highest BCUT2D eigenvalue weighted by Gasteiger charge is 2.09. The largest absolute Gasteiger partial charge is 0.497 e. The summed E-state index contributed by atoms with van der Waals surface area (Å²) in [6.45, 7) is 2.02. The van der Waals surface area contributed by atoms with Crippen molar-refractivity contribution in [3.8, 4) is 17.2 Å². The minimum Gasteiger partial charge on any atom is -0.497 e. The molecule has 0 radical (unpaired) electrons. The maximum absolute atomic E-state index is 5.21. The van der Waals surface area contributed by atoms with Crippen LogP contribution < -0.4 is 14.8 Å². The molecule has 0 saturated heterocycles. The third-order valence-corrected chi connectivity index (χ3v) is 3.61. The molecule has 0 saturated carbocycles. The molecule has 23 heavy (non-hydrogen) atoms. The van der Waals surface area contributed by atoms with Crippen molar-refractivity contribution in [1.29, 1.82) is 0 Å². The molecule has 0 unspecified atom stereocenters. The number of anilines is 2. The molecule has 0 amide bonds. The van der Waals surface area contributed by atoms with Crippen molar-refractivity contribution in [3.05, 3.63) is 60.4 Å². The summed E-state index contributed by atoms with van der Waals surface area (Å²) in [5.74, 6) is 2.42. The van der Waals surface area contributed by atoms with Crippen molar-refractivity contribution in [2.45, 2.75) is 6.92 Å². The van der Waals surface area contributed by atoms with Gasteiger partial charge in [0.05, 0.1) is 20.4 Å². The number of hydrogen-bond donors (Lipinski definition) is 1. The van der Waals surface area contributed by atoms with Gasteiger partial charge in [0.25, 0.3) is 0 Å². The summed E-state index contributed by atoms with van der Waals surface area (Å²) in [6, 6.07) is 15.6. The van der Waals surface area contributed by atoms with Crippen LogP contribution in [0.5, 0.6) is 11.5 Å². The zero-order valence-electron chi connectivity index (χ0n) is 13.4. The second kappa shape index (κ2) is 6.44. The SMILES string of the molecule is COc1ccc(Nc2ncc(C)n2-c2ccc(OC)cc2)cc1. The molecule has 0 aliphatic heterocycles. The van der Waals surface area contributed by atoms with Gasteiger partial charge in [0.1, 0.15) is 11.5 Å². The Morgan fingerprint density at radius 3 is 2.00 bits per heavy atom. The Labute approximate surface area is 135 Å². The third kappa shape index (κ3) is 3.13. The number of aromatic nitrogens is 2. The van der Waals surface area contributed by atoms with E-state index in [1.807, 2.05) is 61.7 Å². The van der Waals surface area contributed by atoms with E-state index in [-0.39, 0.29) is 0 Å². The Morgan fingerprint density at radius 1 is 0.870 bits per heavy atom. The maximum atomic E-state index is 5.21. The minimum absolute atomic E-state index is 0.762. The van der Waals surface area contributed by atoms with E-state index in [2.05, 4.69) is 14.9 Å². The van der Waals surface area contributed by atoms with Crippen LogP contribution in [0.2, 0.25) is 0 Å². The molecule has 3 rings (SSSR count). The van der Waals surface area contributed by atoms with Gasteiger partial charge in [-0.25, -0.2) is 4.98 Å². The summed E-state index contributed by atoms with van der Waals surface area (Å²) in [6.07, 6.45) is 1.84. The van der Waals surface area contributed by atoms with Gasteiger partial charge < -0.3 is 14.8 Å². The van der Waals surface area contributed by atoms with Crippen LogP contribution in [0.15, 0.2) is 54.7 Å². The maximum Gasteiger partial charge on any atom is 0.212 e. The van der Waals surface area contributed by atoms with Gasteiger partial charge in [0, 0.05) is 17.1 Å². The van der Waals surface area contributed by atoms with Crippen LogP contribution in [0, 0.1) is 6.92 Å². The summed E-state index contributed by atoms with van der Waals surface area (Å²) in [5, 5.41) is 3.34. The number of aryl methyl sites for hydroxylation is 1. The van der Waals surface area contributed by atoms with Gasteiger partial charge in [-0.1, -0.05) is 0 Å². The highest BCUT2D eigenvalue weighted by molar-refractivity contribution is 5.58. The normalized spacial score (nSPS) is 10.4. The van der Waals surface area contributed by atoms with Crippen molar-refractivity contribution < 1.29 is 9.47 Å². The molecule has 1 N–H and O–H groups in total. The van der Waals surface area contributed by atoms with E-state index >= 15 is 0 Å². The van der Waals surface area contributed by atoms with Crippen LogP contribution in [-0.4, -0.2) is 23.8 Å². The van der Waals surface area contributed by atoms with Crippen molar-refractivity contribution in [1.82, 2.24) is 9.55 Å². The number of benzene rings is 2. The number of hydrogen-bond acceptors (Lipinski definition) is 4. The standard InChI is InChI=1S/C18H19N3O2/c1-13-12-19-18(20-14-4-8-16(22-2)9-5-14)21(13)15-6-10-17(23-3)11-7-15/h4-12H,1-3H3,(H,19,20). The number of imidazole rings is 1. The molecular weight excluding hydrogens is 290 g/mol. The van der Waals surface area contributed by atoms with Crippen LogP contribution in [0.1, 0.15) is 5.69 Å². The van der Waals surface area contributed by atoms with Crippen molar-refractivity contribution in [2.24, 2.45) is 0 Å². The van der Waals surface area contributed by atoms with Crippen molar-refractivity contribution in [3.63, 3.8) is 0 Å². The second-order valence-electron chi connectivity index (χ2n) is 5.11. The Morgan fingerprint density at radius 2 is 1.43 bits per heavy atom. The van der Waals surface area contributed by atoms with Gasteiger partial charge >= 0.3 is 0 Å². The molecule has 0 spiro atoms. The van der Waals surface area contributed by atoms with Crippen LogP contribution in [0.3, 0.4) is 0 Å². The number of nitrogens with zero attached hydrogens (tertiary/aromatic N) is 2. The summed E-state index contributed by atoms with van der Waals surface area (Å²) < 4.78 is 12.4. The molecule has 3 aromatic rings. The predicted molar refractivity (Wildman–Crippen MR) is 91.1 cm³/mol. The average Bonchev–Trinajstić information content (AvgIpc) is 2.96. The van der Waals surface area contributed by atoms with Gasteiger partial charge in [-0.15, -0.1) is 0 Å². The highest BCUT2D eigenvalue weighted by Crippen LogP contribution is 2.24. The van der Waals surface area contributed by atoms with Crippen LogP contribution in [0.4, 0.5) is 11.6 Å². The monoisotopic (exact) mass is 309 g/mol. The summed E-state index contributed by atoms with van der Waals surface area (Å²) in [4.78, 5) is 4.46. The van der Waals surface area contributed by atoms with Crippen LogP contribution in [0.25, 0.3) is 5.69 Å². The quantitative estimate of drug-likeness (QED) is 0.775. The van der Waals surface area contributed by atoms with E-state index in [0.29, 0.717) is 0 Å². The molecule has 0 bridgehead atoms. The van der Waals surface area contributed by atoms with E-state index < -0.39 is 0 Å². The zero-order chi connectivity index (χ0) is 16.2. The van der Waals surface area contributed by atoms with Gasteiger partial charge in [0.15, 0.2) is 0 Å². The molecule has 1 aromatic heterocycles. The van der Waals surface area contributed by atoms with Gasteiger partial charge in [-0.3, -0.25) is 4.57 Å². The third-order valence-electron chi connectivity index (χ3n) is 3.61. The van der Waals surface area contributed by atoms with E-state index in [1.54, 1.807) is 14.2 Å². The van der Waals surface area contributed by atoms with E-state index in [1.165, 1.54) is 0 Å². The predicted octanol–water partition coefficient (Wildman–Crippen LogP) is 3.94. The zero-order valence-corrected chi connectivity index (χ0v) is 13.4. The highest BCUT2D eigenvalue weighted by atomic mass is 16.5. The molecule has 1 heterocycles. The molecule has 118 valence electrons. The van der Waals surface area contributed by atoms with E-state index in [9.17, 15) is 0 Å². The molecular formula is C18H19N3O2. The van der Waals surface area contributed by atoms with E-state index in [0.717, 1.165) is 34.5 Å². The number of rotatable bonds is 5. The molecule has 2 aromatic carbocycles. The molecule has 0 aliphatic rings. The Kier molecular flexibility index (Phi) is 4.19. The number of nitrogens with one attached hydrogen (secondary N) is 1. The summed E-state index contributed by atoms with van der Waals surface area (Å²) in [5.41, 5.74) is 3.02. The smallest absolute Gasteiger partial charge is 0.212 e. The first-order chi connectivity index (χ1) is 11.2. The van der Waals surface area contributed by atoms with Crippen molar-refractivity contribution >= 4 is 11.6 Å². The topological polar surface area (TPSA) is 48.3 Å². The van der Waals surface area contributed by atoms with E-state index in [4.69, 9.17) is 9.47 Å². The van der Waals surface area contributed by atoms with Gasteiger partial charge in [0.2, 0.25) is 5.95 Å². The summed E-state index contributed by atoms with van der Waals surface area (Å²) >= 11 is 0. The van der Waals surface area contributed by atoms with Gasteiger partial charge in [-0.05, 0) is 55.5 Å². The molecule has 5 heteroatoms. The lowest BCUT2D eigenvalue weighted by Gasteiger charge is -2.12. The average molecular weight is 309 g/mol. The minimum atomic E-state index is 0.762. The fraction of sp³-hybridized carbons (Fsp3) is 0.167. The molecule has 0 fully saturated rings. The first-order valence-corrected chi connectivity index (χ1v) is 7.31.